The van der Waals surface area contributed by atoms with Gasteiger partial charge in [0.2, 0.25) is 0 Å². The fourth-order valence-electron chi connectivity index (χ4n) is 3.20. The predicted molar refractivity (Wildman–Crippen MR) is 103 cm³/mol. The van der Waals surface area contributed by atoms with Crippen molar-refractivity contribution in [3.05, 3.63) is 53.5 Å². The number of ether oxygens (including phenoxy) is 1. The first-order chi connectivity index (χ1) is 13.5. The lowest BCUT2D eigenvalue weighted by atomic mass is 9.97. The minimum Gasteiger partial charge on any atom is -0.459 e. The number of carbonyl (C=O) groups excluding carboxylic acids is 3. The average Bonchev–Trinajstić information content (AvgIpc) is 3.24. The van der Waals surface area contributed by atoms with Crippen LogP contribution in [0.4, 0.5) is 5.69 Å². The fourth-order valence-corrected chi connectivity index (χ4v) is 3.20. The summed E-state index contributed by atoms with van der Waals surface area (Å²) in [6, 6.07) is 8.93. The molecule has 1 saturated heterocycles. The molecule has 0 aliphatic carbocycles. The number of esters is 1. The van der Waals surface area contributed by atoms with Crippen LogP contribution in [-0.2, 0) is 14.3 Å². The van der Waals surface area contributed by atoms with Crippen molar-refractivity contribution >= 4 is 23.5 Å². The van der Waals surface area contributed by atoms with Gasteiger partial charge in [-0.1, -0.05) is 12.1 Å². The van der Waals surface area contributed by atoms with Crippen LogP contribution >= 0.6 is 0 Å². The van der Waals surface area contributed by atoms with Gasteiger partial charge in [0.15, 0.2) is 12.4 Å². The van der Waals surface area contributed by atoms with E-state index in [1.54, 1.807) is 17.0 Å². The van der Waals surface area contributed by atoms with Crippen LogP contribution in [0.15, 0.2) is 41.0 Å². The van der Waals surface area contributed by atoms with E-state index in [1.165, 1.54) is 6.26 Å². The Morgan fingerprint density at radius 3 is 2.57 bits per heavy atom. The van der Waals surface area contributed by atoms with Crippen LogP contribution in [-0.4, -0.2) is 42.4 Å². The molecule has 0 unspecified atom stereocenters. The highest BCUT2D eigenvalue weighted by Gasteiger charge is 2.30. The highest BCUT2D eigenvalue weighted by atomic mass is 16.5. The third-order valence-corrected chi connectivity index (χ3v) is 5.07. The summed E-state index contributed by atoms with van der Waals surface area (Å²) < 4.78 is 10.3. The summed E-state index contributed by atoms with van der Waals surface area (Å²) in [5.74, 6) is -0.961. The SMILES string of the molecule is Cc1cccc(NC(=O)COC(=O)C2CCN(C(=O)c3ccco3)CC2)c1C. The Morgan fingerprint density at radius 1 is 1.14 bits per heavy atom. The number of carbonyl (C=O) groups is 3. The molecule has 1 aliphatic rings. The number of amides is 2. The van der Waals surface area contributed by atoms with E-state index in [-0.39, 0.29) is 24.3 Å². The van der Waals surface area contributed by atoms with E-state index < -0.39 is 5.97 Å². The van der Waals surface area contributed by atoms with E-state index in [2.05, 4.69) is 5.32 Å². The molecular formula is C21H24N2O5. The zero-order valence-corrected chi connectivity index (χ0v) is 16.1. The molecule has 1 aromatic heterocycles. The Labute approximate surface area is 163 Å². The van der Waals surface area contributed by atoms with Crippen molar-refractivity contribution in [3.63, 3.8) is 0 Å². The topological polar surface area (TPSA) is 88.9 Å². The summed E-state index contributed by atoms with van der Waals surface area (Å²) >= 11 is 0. The highest BCUT2D eigenvalue weighted by molar-refractivity contribution is 5.94. The van der Waals surface area contributed by atoms with Gasteiger partial charge in [-0.05, 0) is 56.0 Å². The maximum absolute atomic E-state index is 12.3. The van der Waals surface area contributed by atoms with Gasteiger partial charge in [-0.25, -0.2) is 0 Å². The van der Waals surface area contributed by atoms with E-state index in [4.69, 9.17) is 9.15 Å². The molecule has 0 bridgehead atoms. The van der Waals surface area contributed by atoms with Gasteiger partial charge in [-0.15, -0.1) is 0 Å². The van der Waals surface area contributed by atoms with Gasteiger partial charge in [-0.3, -0.25) is 14.4 Å². The number of rotatable bonds is 5. The van der Waals surface area contributed by atoms with Gasteiger partial charge in [-0.2, -0.15) is 0 Å². The number of benzene rings is 1. The van der Waals surface area contributed by atoms with Crippen molar-refractivity contribution in [3.8, 4) is 0 Å². The molecule has 2 amide bonds. The normalized spacial score (nSPS) is 14.6. The molecule has 3 rings (SSSR count). The Morgan fingerprint density at radius 2 is 1.89 bits per heavy atom. The fraction of sp³-hybridized carbons (Fsp3) is 0.381. The van der Waals surface area contributed by atoms with Crippen LogP contribution < -0.4 is 5.32 Å². The minimum absolute atomic E-state index is 0.176. The standard InChI is InChI=1S/C21H24N2O5/c1-14-5-3-6-17(15(14)2)22-19(24)13-28-21(26)16-8-10-23(11-9-16)20(25)18-7-4-12-27-18/h3-7,12,16H,8-11,13H2,1-2H3,(H,22,24). The Kier molecular flexibility index (Phi) is 6.13. The molecule has 0 atom stereocenters. The maximum Gasteiger partial charge on any atom is 0.309 e. The van der Waals surface area contributed by atoms with E-state index in [0.717, 1.165) is 11.1 Å². The van der Waals surface area contributed by atoms with Gasteiger partial charge >= 0.3 is 5.97 Å². The summed E-state index contributed by atoms with van der Waals surface area (Å²) in [6.45, 7) is 4.47. The monoisotopic (exact) mass is 384 g/mol. The number of anilines is 1. The molecule has 28 heavy (non-hydrogen) atoms. The number of piperidine rings is 1. The lowest BCUT2D eigenvalue weighted by molar-refractivity contribution is -0.152. The molecule has 1 fully saturated rings. The summed E-state index contributed by atoms with van der Waals surface area (Å²) in [4.78, 5) is 38.2. The number of nitrogens with zero attached hydrogens (tertiary/aromatic N) is 1. The second kappa shape index (κ2) is 8.73. The molecule has 7 nitrogen and oxygen atoms in total. The first kappa shape index (κ1) is 19.7. The van der Waals surface area contributed by atoms with Crippen molar-refractivity contribution in [1.82, 2.24) is 4.90 Å². The molecule has 1 aromatic carbocycles. The maximum atomic E-state index is 12.3. The average molecular weight is 384 g/mol. The number of aryl methyl sites for hydroxylation is 1. The third-order valence-electron chi connectivity index (χ3n) is 5.07. The van der Waals surface area contributed by atoms with Crippen LogP contribution in [0.5, 0.6) is 0 Å². The molecule has 2 heterocycles. The Balaban J connectivity index is 1.44. The molecular weight excluding hydrogens is 360 g/mol. The number of hydrogen-bond donors (Lipinski definition) is 1. The molecule has 0 spiro atoms. The van der Waals surface area contributed by atoms with E-state index in [0.29, 0.717) is 37.4 Å². The van der Waals surface area contributed by atoms with Crippen LogP contribution in [0.1, 0.15) is 34.5 Å². The molecule has 7 heteroatoms. The summed E-state index contributed by atoms with van der Waals surface area (Å²) in [7, 11) is 0. The smallest absolute Gasteiger partial charge is 0.309 e. The van der Waals surface area contributed by atoms with Gasteiger partial charge in [0, 0.05) is 18.8 Å². The minimum atomic E-state index is -0.402. The number of likely N-dealkylation sites (tertiary alicyclic amines) is 1. The molecule has 148 valence electrons. The van der Waals surface area contributed by atoms with Crippen molar-refractivity contribution in [1.29, 1.82) is 0 Å². The molecule has 0 saturated carbocycles. The molecule has 1 aliphatic heterocycles. The van der Waals surface area contributed by atoms with Gasteiger partial charge in [0.1, 0.15) is 0 Å². The molecule has 1 N–H and O–H groups in total. The third kappa shape index (κ3) is 4.60. The lowest BCUT2D eigenvalue weighted by Gasteiger charge is -2.30. The van der Waals surface area contributed by atoms with Gasteiger partial charge in [0.25, 0.3) is 11.8 Å². The van der Waals surface area contributed by atoms with Crippen molar-refractivity contribution in [2.24, 2.45) is 5.92 Å². The number of hydrogen-bond acceptors (Lipinski definition) is 5. The summed E-state index contributed by atoms with van der Waals surface area (Å²) in [5.41, 5.74) is 2.77. The Bertz CT molecular complexity index is 852. The first-order valence-corrected chi connectivity index (χ1v) is 9.31. The van der Waals surface area contributed by atoms with Gasteiger partial charge in [0.05, 0.1) is 12.2 Å². The van der Waals surface area contributed by atoms with Crippen molar-refractivity contribution in [2.45, 2.75) is 26.7 Å². The second-order valence-corrected chi connectivity index (χ2v) is 6.95. The van der Waals surface area contributed by atoms with Crippen molar-refractivity contribution < 1.29 is 23.5 Å². The van der Waals surface area contributed by atoms with E-state index in [1.807, 2.05) is 32.0 Å². The van der Waals surface area contributed by atoms with Gasteiger partial charge < -0.3 is 19.4 Å². The first-order valence-electron chi connectivity index (χ1n) is 9.31. The Hall–Kier alpha value is -3.09. The quantitative estimate of drug-likeness (QED) is 0.801. The van der Waals surface area contributed by atoms with Crippen LogP contribution in [0.25, 0.3) is 0 Å². The number of nitrogens with one attached hydrogen (secondary N) is 1. The van der Waals surface area contributed by atoms with Crippen LogP contribution in [0.3, 0.4) is 0 Å². The molecule has 2 aromatic rings. The largest absolute Gasteiger partial charge is 0.459 e. The van der Waals surface area contributed by atoms with Crippen molar-refractivity contribution in [2.75, 3.05) is 25.0 Å². The zero-order chi connectivity index (χ0) is 20.1. The van der Waals surface area contributed by atoms with Crippen LogP contribution in [0.2, 0.25) is 0 Å². The van der Waals surface area contributed by atoms with E-state index in [9.17, 15) is 14.4 Å². The predicted octanol–water partition coefficient (Wildman–Crippen LogP) is 2.93. The lowest BCUT2D eigenvalue weighted by Crippen LogP contribution is -2.40. The summed E-state index contributed by atoms with van der Waals surface area (Å²) in [5, 5.41) is 2.77. The summed E-state index contributed by atoms with van der Waals surface area (Å²) in [6.07, 6.45) is 2.47. The second-order valence-electron chi connectivity index (χ2n) is 6.95. The number of furan rings is 1. The molecule has 0 radical (unpaired) electrons. The highest BCUT2D eigenvalue weighted by Crippen LogP contribution is 2.21. The van der Waals surface area contributed by atoms with E-state index >= 15 is 0 Å². The zero-order valence-electron chi connectivity index (χ0n) is 16.1. The van der Waals surface area contributed by atoms with Crippen LogP contribution in [0, 0.1) is 19.8 Å².